The van der Waals surface area contributed by atoms with Crippen molar-refractivity contribution >= 4 is 43.4 Å². The van der Waals surface area contributed by atoms with Crippen LogP contribution in [-0.4, -0.2) is 15.9 Å². The molecule has 2 heterocycles. The van der Waals surface area contributed by atoms with Gasteiger partial charge in [0.2, 0.25) is 5.91 Å². The Morgan fingerprint density at radius 2 is 1.78 bits per heavy atom. The first-order valence-electron chi connectivity index (χ1n) is 10.6. The van der Waals surface area contributed by atoms with Crippen molar-refractivity contribution in [1.82, 2.24) is 9.97 Å². The van der Waals surface area contributed by atoms with E-state index in [1.54, 1.807) is 22.4 Å². The number of fused-ring (bicyclic) bond motifs is 2. The molecule has 0 unspecified atom stereocenters. The number of thiazole rings is 1. The fraction of sp³-hybridized carbons (Fsp3) is 0.148. The molecule has 32 heavy (non-hydrogen) atoms. The van der Waals surface area contributed by atoms with Crippen LogP contribution in [0, 0.1) is 13.8 Å². The number of amides is 1. The molecule has 5 heteroatoms. The Kier molecular flexibility index (Phi) is 5.41. The Labute approximate surface area is 191 Å². The van der Waals surface area contributed by atoms with Gasteiger partial charge in [-0.15, -0.1) is 0 Å². The highest BCUT2D eigenvalue weighted by molar-refractivity contribution is 7.22. The molecule has 2 aromatic heterocycles. The molecule has 0 aliphatic rings. The van der Waals surface area contributed by atoms with Crippen LogP contribution in [0.25, 0.3) is 21.0 Å². The number of carbonyl (C=O) groups excluding carboxylic acids is 1. The van der Waals surface area contributed by atoms with Crippen LogP contribution in [0.4, 0.5) is 5.13 Å². The highest BCUT2D eigenvalue weighted by Crippen LogP contribution is 2.33. The molecule has 0 atom stereocenters. The molecule has 5 aromatic rings. The molecule has 4 nitrogen and oxygen atoms in total. The van der Waals surface area contributed by atoms with Gasteiger partial charge in [-0.2, -0.15) is 0 Å². The van der Waals surface area contributed by atoms with E-state index in [0.717, 1.165) is 37.8 Å². The van der Waals surface area contributed by atoms with Gasteiger partial charge in [-0.25, -0.2) is 4.98 Å². The van der Waals surface area contributed by atoms with Crippen LogP contribution in [0.5, 0.6) is 0 Å². The summed E-state index contributed by atoms with van der Waals surface area (Å²) in [6, 6.07) is 24.4. The summed E-state index contributed by atoms with van der Waals surface area (Å²) in [4.78, 5) is 24.8. The lowest BCUT2D eigenvalue weighted by Gasteiger charge is -2.20. The number of rotatable bonds is 5. The Balaban J connectivity index is 1.55. The van der Waals surface area contributed by atoms with E-state index in [0.29, 0.717) is 18.1 Å². The van der Waals surface area contributed by atoms with Gasteiger partial charge in [0.25, 0.3) is 0 Å². The molecular formula is C27H23N3OS. The number of aryl methyl sites for hydroxylation is 2. The van der Waals surface area contributed by atoms with Gasteiger partial charge in [-0.05, 0) is 59.5 Å². The van der Waals surface area contributed by atoms with Crippen molar-refractivity contribution in [2.24, 2.45) is 0 Å². The Hall–Kier alpha value is -3.57. The van der Waals surface area contributed by atoms with Crippen molar-refractivity contribution < 1.29 is 4.79 Å². The summed E-state index contributed by atoms with van der Waals surface area (Å²) >= 11 is 1.56. The first-order chi connectivity index (χ1) is 15.6. The van der Waals surface area contributed by atoms with E-state index in [4.69, 9.17) is 4.98 Å². The number of hydrogen-bond acceptors (Lipinski definition) is 4. The van der Waals surface area contributed by atoms with Crippen LogP contribution < -0.4 is 4.90 Å². The van der Waals surface area contributed by atoms with Crippen LogP contribution in [0.2, 0.25) is 0 Å². The predicted octanol–water partition coefficient (Wildman–Crippen LogP) is 6.24. The first-order valence-corrected chi connectivity index (χ1v) is 11.4. The number of benzene rings is 3. The van der Waals surface area contributed by atoms with Crippen molar-refractivity contribution in [3.8, 4) is 0 Å². The lowest BCUT2D eigenvalue weighted by atomic mass is 10.0. The van der Waals surface area contributed by atoms with Gasteiger partial charge in [0.15, 0.2) is 5.13 Å². The van der Waals surface area contributed by atoms with Crippen LogP contribution in [-0.2, 0) is 17.8 Å². The lowest BCUT2D eigenvalue weighted by Crippen LogP contribution is -2.32. The largest absolute Gasteiger partial charge is 0.282 e. The quantitative estimate of drug-likeness (QED) is 0.327. The minimum atomic E-state index is 0.0143. The van der Waals surface area contributed by atoms with E-state index in [1.165, 1.54) is 5.56 Å². The Morgan fingerprint density at radius 1 is 0.969 bits per heavy atom. The van der Waals surface area contributed by atoms with Crippen molar-refractivity contribution in [2.45, 2.75) is 26.8 Å². The lowest BCUT2D eigenvalue weighted by molar-refractivity contribution is -0.118. The van der Waals surface area contributed by atoms with Gasteiger partial charge in [0.05, 0.1) is 28.9 Å². The monoisotopic (exact) mass is 437 g/mol. The molecule has 0 radical (unpaired) electrons. The highest BCUT2D eigenvalue weighted by atomic mass is 32.1. The molecule has 0 N–H and O–H groups in total. The molecule has 0 aliphatic heterocycles. The van der Waals surface area contributed by atoms with Crippen LogP contribution in [0.15, 0.2) is 79.0 Å². The molecule has 3 aromatic carbocycles. The van der Waals surface area contributed by atoms with E-state index in [-0.39, 0.29) is 5.91 Å². The molecule has 0 aliphatic carbocycles. The molecule has 0 saturated heterocycles. The maximum absolute atomic E-state index is 13.7. The summed E-state index contributed by atoms with van der Waals surface area (Å²) in [6.45, 7) is 4.55. The molecule has 0 bridgehead atoms. The van der Waals surface area contributed by atoms with E-state index in [2.05, 4.69) is 49.2 Å². The van der Waals surface area contributed by atoms with Gasteiger partial charge < -0.3 is 0 Å². The average molecular weight is 438 g/mol. The second-order valence-electron chi connectivity index (χ2n) is 8.04. The second-order valence-corrected chi connectivity index (χ2v) is 9.05. The normalized spacial score (nSPS) is 11.2. The SMILES string of the molecule is Cc1cc(C)c2nc(N(Cc3ccccn3)C(=O)Cc3cccc4ccccc34)sc2c1. The van der Waals surface area contributed by atoms with Gasteiger partial charge in [-0.3, -0.25) is 14.7 Å². The number of pyridine rings is 1. The number of hydrogen-bond donors (Lipinski definition) is 0. The standard InChI is InChI=1S/C27H23N3OS/c1-18-14-19(2)26-24(15-18)32-27(29-26)30(17-22-11-5-6-13-28-22)25(31)16-21-10-7-9-20-8-3-4-12-23(20)21/h3-15H,16-17H2,1-2H3. The maximum atomic E-state index is 13.7. The third kappa shape index (κ3) is 3.99. The number of nitrogens with zero attached hydrogens (tertiary/aromatic N) is 3. The van der Waals surface area contributed by atoms with Crippen molar-refractivity contribution in [3.05, 3.63) is 101 Å². The zero-order valence-electron chi connectivity index (χ0n) is 18.1. The van der Waals surface area contributed by atoms with E-state index >= 15 is 0 Å². The third-order valence-electron chi connectivity index (χ3n) is 5.62. The van der Waals surface area contributed by atoms with Gasteiger partial charge in [-0.1, -0.05) is 65.9 Å². The number of anilines is 1. The molecule has 0 saturated carbocycles. The van der Waals surface area contributed by atoms with Crippen LogP contribution in [0.3, 0.4) is 0 Å². The summed E-state index contributed by atoms with van der Waals surface area (Å²) in [5.74, 6) is 0.0143. The fourth-order valence-corrected chi connectivity index (χ4v) is 5.25. The van der Waals surface area contributed by atoms with Crippen molar-refractivity contribution in [3.63, 3.8) is 0 Å². The number of carbonyl (C=O) groups is 1. The Morgan fingerprint density at radius 3 is 2.62 bits per heavy atom. The van der Waals surface area contributed by atoms with E-state index < -0.39 is 0 Å². The van der Waals surface area contributed by atoms with Crippen molar-refractivity contribution in [1.29, 1.82) is 0 Å². The fourth-order valence-electron chi connectivity index (χ4n) is 4.10. The zero-order valence-corrected chi connectivity index (χ0v) is 18.9. The highest BCUT2D eigenvalue weighted by Gasteiger charge is 2.22. The van der Waals surface area contributed by atoms with Gasteiger partial charge in [0.1, 0.15) is 0 Å². The summed E-state index contributed by atoms with van der Waals surface area (Å²) in [5, 5.41) is 2.96. The molecule has 158 valence electrons. The molecule has 5 rings (SSSR count). The minimum absolute atomic E-state index is 0.0143. The second kappa shape index (κ2) is 8.52. The summed E-state index contributed by atoms with van der Waals surface area (Å²) in [7, 11) is 0. The summed E-state index contributed by atoms with van der Waals surface area (Å²) in [5.41, 5.74) is 5.14. The maximum Gasteiger partial charge on any atom is 0.233 e. The molecule has 0 fully saturated rings. The molecule has 0 spiro atoms. The summed E-state index contributed by atoms with van der Waals surface area (Å²) < 4.78 is 1.10. The van der Waals surface area contributed by atoms with E-state index in [1.807, 2.05) is 42.5 Å². The molecular weight excluding hydrogens is 414 g/mol. The Bertz CT molecular complexity index is 1420. The molecule has 1 amide bonds. The smallest absolute Gasteiger partial charge is 0.233 e. The van der Waals surface area contributed by atoms with Crippen LogP contribution in [0.1, 0.15) is 22.4 Å². The van der Waals surface area contributed by atoms with Gasteiger partial charge >= 0.3 is 0 Å². The first kappa shape index (κ1) is 20.3. The topological polar surface area (TPSA) is 46.1 Å². The van der Waals surface area contributed by atoms with Crippen molar-refractivity contribution in [2.75, 3.05) is 4.90 Å². The third-order valence-corrected chi connectivity index (χ3v) is 6.64. The predicted molar refractivity (Wildman–Crippen MR) is 132 cm³/mol. The van der Waals surface area contributed by atoms with Gasteiger partial charge in [0, 0.05) is 6.20 Å². The average Bonchev–Trinajstić information content (AvgIpc) is 3.22. The number of aromatic nitrogens is 2. The van der Waals surface area contributed by atoms with E-state index in [9.17, 15) is 4.79 Å². The summed E-state index contributed by atoms with van der Waals surface area (Å²) in [6.07, 6.45) is 2.07. The zero-order chi connectivity index (χ0) is 22.1. The minimum Gasteiger partial charge on any atom is -0.282 e. The van der Waals surface area contributed by atoms with Crippen LogP contribution >= 0.6 is 11.3 Å².